The largest absolute Gasteiger partial charge is 0.481 e. The molecule has 128 valence electrons. The first kappa shape index (κ1) is 17.3. The van der Waals surface area contributed by atoms with Gasteiger partial charge in [-0.15, -0.1) is 0 Å². The Kier molecular flexibility index (Phi) is 4.97. The number of carboxylic acid groups (broad SMARTS) is 1. The Labute approximate surface area is 135 Å². The number of hydrogen-bond acceptors (Lipinski definition) is 5. The number of hydrogen-bond donors (Lipinski definition) is 2. The van der Waals surface area contributed by atoms with Crippen LogP contribution < -0.4 is 5.32 Å². The summed E-state index contributed by atoms with van der Waals surface area (Å²) in [7, 11) is 0. The summed E-state index contributed by atoms with van der Waals surface area (Å²) in [5.41, 5.74) is 0.816. The van der Waals surface area contributed by atoms with E-state index in [1.165, 1.54) is 19.4 Å². The van der Waals surface area contributed by atoms with E-state index >= 15 is 0 Å². The van der Waals surface area contributed by atoms with Crippen LogP contribution in [-0.2, 0) is 19.1 Å². The third kappa shape index (κ3) is 4.03. The van der Waals surface area contributed by atoms with E-state index in [1.54, 1.807) is 0 Å². The van der Waals surface area contributed by atoms with Gasteiger partial charge in [0.1, 0.15) is 0 Å². The maximum Gasteiger partial charge on any atom is 0.410 e. The Balaban J connectivity index is 1.91. The molecule has 0 radical (unpaired) electrons. The molecule has 7 heteroatoms. The predicted octanol–water partition coefficient (Wildman–Crippen LogP) is 2.07. The molecule has 2 aliphatic carbocycles. The number of aliphatic carboxylic acids is 1. The molecule has 0 heterocycles. The zero-order chi connectivity index (χ0) is 17.2. The minimum absolute atomic E-state index is 0.0116. The monoisotopic (exact) mass is 325 g/mol. The van der Waals surface area contributed by atoms with Crippen LogP contribution in [-0.4, -0.2) is 36.0 Å². The Bertz CT molecular complexity index is 543. The summed E-state index contributed by atoms with van der Waals surface area (Å²) < 4.78 is 9.62. The Morgan fingerprint density at radius 3 is 2.70 bits per heavy atom. The van der Waals surface area contributed by atoms with Crippen molar-refractivity contribution in [3.05, 3.63) is 11.6 Å². The maximum absolute atomic E-state index is 11.8. The van der Waals surface area contributed by atoms with Gasteiger partial charge in [0.2, 0.25) is 6.29 Å². The highest BCUT2D eigenvalue weighted by Gasteiger charge is 2.55. The van der Waals surface area contributed by atoms with Crippen molar-refractivity contribution in [2.75, 3.05) is 6.54 Å². The molecule has 0 bridgehead atoms. The fraction of sp³-hybridized carbons (Fsp3) is 0.688. The summed E-state index contributed by atoms with van der Waals surface area (Å²) in [6.45, 7) is 4.95. The lowest BCUT2D eigenvalue weighted by Gasteiger charge is -2.51. The number of carboxylic acids is 1. The first-order valence-corrected chi connectivity index (χ1v) is 7.72. The lowest BCUT2D eigenvalue weighted by Crippen LogP contribution is -2.53. The second kappa shape index (κ2) is 6.60. The van der Waals surface area contributed by atoms with E-state index in [1.807, 2.05) is 6.92 Å². The fourth-order valence-electron chi connectivity index (χ4n) is 3.87. The van der Waals surface area contributed by atoms with Gasteiger partial charge in [0, 0.05) is 25.8 Å². The molecule has 0 spiro atoms. The van der Waals surface area contributed by atoms with Crippen LogP contribution >= 0.6 is 0 Å². The van der Waals surface area contributed by atoms with Crippen molar-refractivity contribution in [1.29, 1.82) is 0 Å². The molecule has 0 aliphatic heterocycles. The molecule has 0 saturated heterocycles. The van der Waals surface area contributed by atoms with Gasteiger partial charge in [-0.2, -0.15) is 0 Å². The van der Waals surface area contributed by atoms with E-state index < -0.39 is 29.7 Å². The topological polar surface area (TPSA) is 102 Å². The molecule has 1 amide bonds. The molecule has 1 saturated carbocycles. The van der Waals surface area contributed by atoms with Crippen molar-refractivity contribution in [3.8, 4) is 0 Å². The molecule has 23 heavy (non-hydrogen) atoms. The van der Waals surface area contributed by atoms with Gasteiger partial charge in [0.05, 0.1) is 6.42 Å². The number of fused-ring (bicyclic) bond motifs is 1. The summed E-state index contributed by atoms with van der Waals surface area (Å²) in [6.07, 6.45) is 2.22. The second-order valence-electron chi connectivity index (χ2n) is 6.58. The standard InChI is InChI=1S/C16H23NO6/c1-9-4-12-6-16(7-14(19)20,13(12)5-9)8-17-15(21)23-11(3)22-10(2)18/h5,11-13H,4,6-8H2,1-3H3,(H,17,21)(H,19,20)/t11-,12-,13-,16-/m0/s1. The van der Waals surface area contributed by atoms with Crippen LogP contribution in [0.25, 0.3) is 0 Å². The number of alkyl carbamates (subject to hydrolysis) is 1. The Morgan fingerprint density at radius 2 is 2.13 bits per heavy atom. The van der Waals surface area contributed by atoms with Gasteiger partial charge in [-0.1, -0.05) is 11.6 Å². The maximum atomic E-state index is 11.8. The minimum Gasteiger partial charge on any atom is -0.481 e. The molecule has 1 fully saturated rings. The smallest absolute Gasteiger partial charge is 0.410 e. The number of allylic oxidation sites excluding steroid dienone is 2. The van der Waals surface area contributed by atoms with Gasteiger partial charge in [0.15, 0.2) is 0 Å². The zero-order valence-electron chi connectivity index (χ0n) is 13.6. The molecule has 0 aromatic carbocycles. The quantitative estimate of drug-likeness (QED) is 0.440. The summed E-state index contributed by atoms with van der Waals surface area (Å²) in [6, 6.07) is 0. The molecule has 4 atom stereocenters. The number of ether oxygens (including phenoxy) is 2. The van der Waals surface area contributed by atoms with E-state index in [0.29, 0.717) is 5.92 Å². The van der Waals surface area contributed by atoms with Gasteiger partial charge in [-0.05, 0) is 31.6 Å². The van der Waals surface area contributed by atoms with Crippen molar-refractivity contribution in [3.63, 3.8) is 0 Å². The van der Waals surface area contributed by atoms with Gasteiger partial charge >= 0.3 is 18.0 Å². The number of carbonyl (C=O) groups is 3. The average molecular weight is 325 g/mol. The van der Waals surface area contributed by atoms with Crippen LogP contribution in [0.1, 0.15) is 40.0 Å². The van der Waals surface area contributed by atoms with Crippen LogP contribution in [0.4, 0.5) is 4.79 Å². The highest BCUT2D eigenvalue weighted by atomic mass is 16.7. The van der Waals surface area contributed by atoms with E-state index in [4.69, 9.17) is 9.47 Å². The molecule has 0 aromatic rings. The van der Waals surface area contributed by atoms with Crippen LogP contribution in [0.5, 0.6) is 0 Å². The Morgan fingerprint density at radius 1 is 1.43 bits per heavy atom. The predicted molar refractivity (Wildman–Crippen MR) is 80.4 cm³/mol. The first-order chi connectivity index (χ1) is 10.7. The third-order valence-electron chi connectivity index (χ3n) is 4.62. The molecule has 7 nitrogen and oxygen atoms in total. The van der Waals surface area contributed by atoms with Gasteiger partial charge in [-0.3, -0.25) is 9.59 Å². The van der Waals surface area contributed by atoms with E-state index in [-0.39, 0.29) is 18.9 Å². The fourth-order valence-corrected chi connectivity index (χ4v) is 3.87. The first-order valence-electron chi connectivity index (χ1n) is 7.72. The lowest BCUT2D eigenvalue weighted by molar-refractivity contribution is -0.162. The van der Waals surface area contributed by atoms with Crippen molar-refractivity contribution in [1.82, 2.24) is 5.32 Å². The van der Waals surface area contributed by atoms with E-state index in [2.05, 4.69) is 11.4 Å². The number of amides is 1. The second-order valence-corrected chi connectivity index (χ2v) is 6.58. The van der Waals surface area contributed by atoms with Crippen molar-refractivity contribution in [2.45, 2.75) is 46.3 Å². The Hall–Kier alpha value is -2.05. The number of carbonyl (C=O) groups excluding carboxylic acids is 2. The summed E-state index contributed by atoms with van der Waals surface area (Å²) >= 11 is 0. The molecule has 2 rings (SSSR count). The normalized spacial score (nSPS) is 29.6. The van der Waals surface area contributed by atoms with Crippen LogP contribution in [0, 0.1) is 17.3 Å². The van der Waals surface area contributed by atoms with Crippen molar-refractivity contribution < 1.29 is 29.0 Å². The summed E-state index contributed by atoms with van der Waals surface area (Å²) in [5.74, 6) is -0.747. The summed E-state index contributed by atoms with van der Waals surface area (Å²) in [5, 5.41) is 11.8. The minimum atomic E-state index is -0.981. The van der Waals surface area contributed by atoms with E-state index in [9.17, 15) is 19.5 Å². The van der Waals surface area contributed by atoms with E-state index in [0.717, 1.165) is 12.8 Å². The number of esters is 1. The van der Waals surface area contributed by atoms with Crippen molar-refractivity contribution >= 4 is 18.0 Å². The zero-order valence-corrected chi connectivity index (χ0v) is 13.6. The molecule has 2 N–H and O–H groups in total. The van der Waals surface area contributed by atoms with Crippen molar-refractivity contribution in [2.24, 2.45) is 17.3 Å². The molecule has 0 aromatic heterocycles. The average Bonchev–Trinajstić information content (AvgIpc) is 2.70. The SMILES string of the molecule is CC(=O)O[C@H](C)OC(=O)NC[C@@]1(CC(=O)O)C[C@@H]2CC(C)=C[C@@H]21. The highest BCUT2D eigenvalue weighted by molar-refractivity contribution is 5.70. The highest BCUT2D eigenvalue weighted by Crippen LogP contribution is 2.59. The van der Waals surface area contributed by atoms with Gasteiger partial charge in [-0.25, -0.2) is 4.79 Å². The lowest BCUT2D eigenvalue weighted by atomic mass is 9.53. The molecular formula is C16H23NO6. The number of nitrogens with one attached hydrogen (secondary N) is 1. The van der Waals surface area contributed by atoms with Crippen LogP contribution in [0.15, 0.2) is 11.6 Å². The number of rotatable bonds is 6. The molecule has 2 aliphatic rings. The summed E-state index contributed by atoms with van der Waals surface area (Å²) in [4.78, 5) is 33.8. The molecular weight excluding hydrogens is 302 g/mol. The van der Waals surface area contributed by atoms with Crippen LogP contribution in [0.3, 0.4) is 0 Å². The van der Waals surface area contributed by atoms with Gasteiger partial charge in [0.25, 0.3) is 0 Å². The molecule has 0 unspecified atom stereocenters. The van der Waals surface area contributed by atoms with Crippen LogP contribution in [0.2, 0.25) is 0 Å². The third-order valence-corrected chi connectivity index (χ3v) is 4.62. The van der Waals surface area contributed by atoms with Gasteiger partial charge < -0.3 is 19.9 Å².